The average molecular weight is 306 g/mol. The van der Waals surface area contributed by atoms with Gasteiger partial charge in [0.25, 0.3) is 5.56 Å². The minimum atomic E-state index is -0.180. The summed E-state index contributed by atoms with van der Waals surface area (Å²) >= 11 is 10.5. The second kappa shape index (κ2) is 4.47. The molecule has 0 fully saturated rings. The Hall–Kier alpha value is -0.650. The highest BCUT2D eigenvalue weighted by molar-refractivity contribution is 9.10. The maximum atomic E-state index is 11.3. The molecule has 6 heteroatoms. The lowest BCUT2D eigenvalue weighted by Crippen LogP contribution is -2.09. The fraction of sp³-hybridized carbons (Fsp3) is 0.111. The van der Waals surface area contributed by atoms with E-state index in [0.717, 1.165) is 9.35 Å². The molecule has 3 nitrogen and oxygen atoms in total. The highest BCUT2D eigenvalue weighted by atomic mass is 79.9. The summed E-state index contributed by atoms with van der Waals surface area (Å²) in [5.74, 6) is 0.803. The molecule has 2 aromatic rings. The second-order valence-electron chi connectivity index (χ2n) is 2.85. The van der Waals surface area contributed by atoms with Gasteiger partial charge >= 0.3 is 0 Å². The SMILES string of the molecule is O=c1cc(CCl)nc(-c2cc(Br)cs2)[nH]1. The predicted molar refractivity (Wildman–Crippen MR) is 65.4 cm³/mol. The Labute approximate surface area is 103 Å². The van der Waals surface area contributed by atoms with Crippen LogP contribution in [-0.2, 0) is 5.88 Å². The smallest absolute Gasteiger partial charge is 0.251 e. The number of nitrogens with zero attached hydrogens (tertiary/aromatic N) is 1. The first-order valence-corrected chi connectivity index (χ1v) is 6.30. The van der Waals surface area contributed by atoms with Gasteiger partial charge in [-0.25, -0.2) is 4.98 Å². The quantitative estimate of drug-likeness (QED) is 0.867. The van der Waals surface area contributed by atoms with E-state index in [9.17, 15) is 4.79 Å². The van der Waals surface area contributed by atoms with E-state index in [2.05, 4.69) is 25.9 Å². The normalized spacial score (nSPS) is 10.5. The third-order valence-corrected chi connectivity index (χ3v) is 3.70. The Kier molecular flexibility index (Phi) is 3.23. The van der Waals surface area contributed by atoms with Crippen molar-refractivity contribution in [3.63, 3.8) is 0 Å². The highest BCUT2D eigenvalue weighted by Crippen LogP contribution is 2.26. The summed E-state index contributed by atoms with van der Waals surface area (Å²) in [6.07, 6.45) is 0. The van der Waals surface area contributed by atoms with Gasteiger partial charge in [0.15, 0.2) is 5.82 Å². The Bertz CT molecular complexity index is 537. The van der Waals surface area contributed by atoms with Gasteiger partial charge in [0.2, 0.25) is 0 Å². The predicted octanol–water partition coefficient (Wildman–Crippen LogP) is 3.00. The molecule has 1 N–H and O–H groups in total. The van der Waals surface area contributed by atoms with Gasteiger partial charge in [0, 0.05) is 15.9 Å². The van der Waals surface area contributed by atoms with E-state index in [0.29, 0.717) is 11.5 Å². The standard InChI is InChI=1S/C9H6BrClN2OS/c10-5-1-7(15-4-5)9-12-6(3-11)2-8(14)13-9/h1-2,4H,3H2,(H,12,13,14). The van der Waals surface area contributed by atoms with Crippen LogP contribution in [0.25, 0.3) is 10.7 Å². The zero-order valence-corrected chi connectivity index (χ0v) is 10.6. The van der Waals surface area contributed by atoms with Crippen molar-refractivity contribution in [3.05, 3.63) is 38.0 Å². The topological polar surface area (TPSA) is 45.8 Å². The first kappa shape index (κ1) is 10.9. The number of aromatic amines is 1. The van der Waals surface area contributed by atoms with Crippen molar-refractivity contribution >= 4 is 38.9 Å². The molecule has 0 amide bonds. The number of halogens is 2. The first-order chi connectivity index (χ1) is 7.19. The lowest BCUT2D eigenvalue weighted by atomic mass is 10.4. The van der Waals surface area contributed by atoms with E-state index < -0.39 is 0 Å². The molecular weight excluding hydrogens is 300 g/mol. The van der Waals surface area contributed by atoms with Crippen molar-refractivity contribution in [3.8, 4) is 10.7 Å². The van der Waals surface area contributed by atoms with Crippen molar-refractivity contribution in [2.24, 2.45) is 0 Å². The molecule has 0 aliphatic heterocycles. The van der Waals surface area contributed by atoms with Gasteiger partial charge in [0.1, 0.15) is 0 Å². The van der Waals surface area contributed by atoms with Crippen LogP contribution >= 0.6 is 38.9 Å². The Balaban J connectivity index is 2.53. The maximum Gasteiger partial charge on any atom is 0.251 e. The summed E-state index contributed by atoms with van der Waals surface area (Å²) in [4.78, 5) is 19.1. The van der Waals surface area contributed by atoms with Crippen LogP contribution in [0, 0.1) is 0 Å². The molecule has 0 unspecified atom stereocenters. The Morgan fingerprint density at radius 2 is 2.33 bits per heavy atom. The number of H-pyrrole nitrogens is 1. The van der Waals surface area contributed by atoms with Crippen LogP contribution in [-0.4, -0.2) is 9.97 Å². The molecule has 2 aromatic heterocycles. The van der Waals surface area contributed by atoms with Crippen molar-refractivity contribution in [2.75, 3.05) is 0 Å². The number of hydrogen-bond donors (Lipinski definition) is 1. The van der Waals surface area contributed by atoms with Crippen LogP contribution in [0.4, 0.5) is 0 Å². The molecule has 0 radical (unpaired) electrons. The molecule has 0 aliphatic rings. The van der Waals surface area contributed by atoms with E-state index in [1.54, 1.807) is 0 Å². The molecule has 2 rings (SSSR count). The van der Waals surface area contributed by atoms with Crippen LogP contribution in [0.5, 0.6) is 0 Å². The zero-order valence-electron chi connectivity index (χ0n) is 7.46. The minimum Gasteiger partial charge on any atom is -0.306 e. The van der Waals surface area contributed by atoms with E-state index in [1.807, 2.05) is 11.4 Å². The number of thiophene rings is 1. The van der Waals surface area contributed by atoms with Crippen LogP contribution in [0.3, 0.4) is 0 Å². The summed E-state index contributed by atoms with van der Waals surface area (Å²) in [5.41, 5.74) is 0.403. The largest absolute Gasteiger partial charge is 0.306 e. The van der Waals surface area contributed by atoms with Gasteiger partial charge in [-0.2, -0.15) is 0 Å². The van der Waals surface area contributed by atoms with E-state index in [1.165, 1.54) is 17.4 Å². The molecule has 0 aromatic carbocycles. The van der Waals surface area contributed by atoms with E-state index >= 15 is 0 Å². The van der Waals surface area contributed by atoms with E-state index in [4.69, 9.17) is 11.6 Å². The fourth-order valence-corrected chi connectivity index (χ4v) is 2.64. The number of nitrogens with one attached hydrogen (secondary N) is 1. The maximum absolute atomic E-state index is 11.3. The van der Waals surface area contributed by atoms with Gasteiger partial charge in [-0.05, 0) is 22.0 Å². The zero-order chi connectivity index (χ0) is 10.8. The molecule has 0 aliphatic carbocycles. The molecule has 0 saturated heterocycles. The lowest BCUT2D eigenvalue weighted by Gasteiger charge is -1.98. The molecule has 15 heavy (non-hydrogen) atoms. The van der Waals surface area contributed by atoms with Crippen molar-refractivity contribution in [2.45, 2.75) is 5.88 Å². The van der Waals surface area contributed by atoms with Crippen LogP contribution in [0.2, 0.25) is 0 Å². The number of rotatable bonds is 2. The van der Waals surface area contributed by atoms with E-state index in [-0.39, 0.29) is 11.4 Å². The van der Waals surface area contributed by atoms with Crippen LogP contribution in [0.1, 0.15) is 5.69 Å². The van der Waals surface area contributed by atoms with Gasteiger partial charge in [-0.3, -0.25) is 4.79 Å². The van der Waals surface area contributed by atoms with Crippen molar-refractivity contribution < 1.29 is 0 Å². The molecule has 0 spiro atoms. The van der Waals surface area contributed by atoms with Gasteiger partial charge in [0.05, 0.1) is 16.5 Å². The summed E-state index contributed by atoms with van der Waals surface area (Å²) < 4.78 is 0.974. The Morgan fingerprint density at radius 1 is 1.53 bits per heavy atom. The summed E-state index contributed by atoms with van der Waals surface area (Å²) in [5, 5.41) is 1.93. The minimum absolute atomic E-state index is 0.180. The van der Waals surface area contributed by atoms with Crippen LogP contribution in [0.15, 0.2) is 26.8 Å². The summed E-state index contributed by atoms with van der Waals surface area (Å²) in [7, 11) is 0. The third-order valence-electron chi connectivity index (χ3n) is 1.73. The monoisotopic (exact) mass is 304 g/mol. The number of hydrogen-bond acceptors (Lipinski definition) is 3. The molecule has 2 heterocycles. The van der Waals surface area contributed by atoms with Gasteiger partial charge < -0.3 is 4.98 Å². The molecule has 0 saturated carbocycles. The first-order valence-electron chi connectivity index (χ1n) is 4.09. The highest BCUT2D eigenvalue weighted by Gasteiger charge is 2.05. The fourth-order valence-electron chi connectivity index (χ4n) is 1.13. The van der Waals surface area contributed by atoms with Crippen molar-refractivity contribution in [1.29, 1.82) is 0 Å². The Morgan fingerprint density at radius 3 is 2.93 bits per heavy atom. The number of aromatic nitrogens is 2. The summed E-state index contributed by atoms with van der Waals surface area (Å²) in [6.45, 7) is 0. The van der Waals surface area contributed by atoms with Crippen LogP contribution < -0.4 is 5.56 Å². The third kappa shape index (κ3) is 2.48. The number of alkyl halides is 1. The lowest BCUT2D eigenvalue weighted by molar-refractivity contribution is 1.06. The molecular formula is C9H6BrClN2OS. The summed E-state index contributed by atoms with van der Waals surface area (Å²) in [6, 6.07) is 3.31. The molecule has 78 valence electrons. The van der Waals surface area contributed by atoms with Crippen molar-refractivity contribution in [1.82, 2.24) is 9.97 Å². The van der Waals surface area contributed by atoms with Gasteiger partial charge in [-0.15, -0.1) is 22.9 Å². The molecule has 0 bridgehead atoms. The van der Waals surface area contributed by atoms with Gasteiger partial charge in [-0.1, -0.05) is 0 Å². The molecule has 0 atom stereocenters. The average Bonchev–Trinajstić information content (AvgIpc) is 2.64. The second-order valence-corrected chi connectivity index (χ2v) is 4.94.